The quantitative estimate of drug-likeness (QED) is 0.165. The summed E-state index contributed by atoms with van der Waals surface area (Å²) in [6.45, 7) is 13.9. The molecule has 0 saturated carbocycles. The monoisotopic (exact) mass is 484 g/mol. The van der Waals surface area contributed by atoms with E-state index >= 15 is 0 Å². The van der Waals surface area contributed by atoms with Crippen molar-refractivity contribution in [3.05, 3.63) is 11.1 Å². The molecule has 0 aromatic carbocycles. The van der Waals surface area contributed by atoms with Crippen LogP contribution in [0.4, 0.5) is 0 Å². The molecule has 1 N–H and O–H groups in total. The molecule has 0 rings (SSSR count). The van der Waals surface area contributed by atoms with Gasteiger partial charge in [-0.15, -0.1) is 11.5 Å². The van der Waals surface area contributed by atoms with Gasteiger partial charge in [-0.2, -0.15) is 0 Å². The Hall–Kier alpha value is -1.54. The molecule has 0 amide bonds. The lowest BCUT2D eigenvalue weighted by molar-refractivity contribution is -0.171. The minimum absolute atomic E-state index is 0.00171. The SMILES string of the molecule is C=C(Br)CC(CC#CC(O)CCCC#C[Si](C)(C)C)(C(=O)OCC)C(=O)OCC. The van der Waals surface area contributed by atoms with Crippen molar-refractivity contribution >= 4 is 35.9 Å². The number of hydrogen-bond donors (Lipinski definition) is 1. The van der Waals surface area contributed by atoms with Gasteiger partial charge in [-0.1, -0.05) is 54.0 Å². The lowest BCUT2D eigenvalue weighted by Gasteiger charge is -2.27. The molecule has 7 heteroatoms. The highest BCUT2D eigenvalue weighted by atomic mass is 79.9. The minimum Gasteiger partial charge on any atom is -0.465 e. The number of ether oxygens (including phenoxy) is 2. The second-order valence-corrected chi connectivity index (χ2v) is 13.5. The Morgan fingerprint density at radius 3 is 2.14 bits per heavy atom. The molecule has 0 heterocycles. The van der Waals surface area contributed by atoms with E-state index in [9.17, 15) is 14.7 Å². The zero-order valence-electron chi connectivity index (χ0n) is 18.2. The third kappa shape index (κ3) is 11.3. The summed E-state index contributed by atoms with van der Waals surface area (Å²) in [6, 6.07) is 0. The number of esters is 2. The average molecular weight is 485 g/mol. The lowest BCUT2D eigenvalue weighted by Crippen LogP contribution is -2.42. The lowest BCUT2D eigenvalue weighted by atomic mass is 9.81. The number of aliphatic hydroxyl groups is 1. The van der Waals surface area contributed by atoms with Crippen molar-refractivity contribution in [3.8, 4) is 23.3 Å². The van der Waals surface area contributed by atoms with Gasteiger partial charge in [0, 0.05) is 19.3 Å². The molecule has 0 fully saturated rings. The fraction of sp³-hybridized carbons (Fsp3) is 0.636. The number of allylic oxidation sites excluding steroid dienone is 1. The molecular weight excluding hydrogens is 452 g/mol. The molecule has 0 aliphatic heterocycles. The van der Waals surface area contributed by atoms with Crippen LogP contribution in [0.5, 0.6) is 0 Å². The highest BCUT2D eigenvalue weighted by Crippen LogP contribution is 2.35. The predicted octanol–water partition coefficient (Wildman–Crippen LogP) is 4.20. The molecule has 0 aromatic heterocycles. The molecule has 0 radical (unpaired) electrons. The van der Waals surface area contributed by atoms with Crippen LogP contribution in [0.3, 0.4) is 0 Å². The summed E-state index contributed by atoms with van der Waals surface area (Å²) < 4.78 is 10.7. The van der Waals surface area contributed by atoms with Crippen molar-refractivity contribution < 1.29 is 24.2 Å². The Labute approximate surface area is 184 Å². The van der Waals surface area contributed by atoms with Crippen LogP contribution in [0.25, 0.3) is 0 Å². The van der Waals surface area contributed by atoms with Crippen molar-refractivity contribution in [2.24, 2.45) is 5.41 Å². The van der Waals surface area contributed by atoms with Gasteiger partial charge >= 0.3 is 11.9 Å². The van der Waals surface area contributed by atoms with Gasteiger partial charge in [-0.3, -0.25) is 9.59 Å². The van der Waals surface area contributed by atoms with E-state index in [1.54, 1.807) is 13.8 Å². The third-order valence-electron chi connectivity index (χ3n) is 3.73. The molecule has 0 saturated heterocycles. The predicted molar refractivity (Wildman–Crippen MR) is 122 cm³/mol. The van der Waals surface area contributed by atoms with Gasteiger partial charge in [0.1, 0.15) is 14.2 Å². The van der Waals surface area contributed by atoms with Crippen molar-refractivity contribution in [3.63, 3.8) is 0 Å². The number of hydrogen-bond acceptors (Lipinski definition) is 5. The minimum atomic E-state index is -1.61. The maximum atomic E-state index is 12.6. The molecule has 1 unspecified atom stereocenters. The molecule has 0 aliphatic rings. The standard InChI is InChI=1S/C22H33BrO5Si/c1-7-27-20(25)22(17-18(3)23,21(26)28-8-2)15-12-14-19(24)13-10-9-11-16-29(4,5)6/h19,24H,3,7-10,13,15,17H2,1-2,4-6H3. The maximum Gasteiger partial charge on any atom is 0.324 e. The van der Waals surface area contributed by atoms with Crippen LogP contribution < -0.4 is 0 Å². The molecular formula is C22H33BrO5Si. The van der Waals surface area contributed by atoms with Gasteiger partial charge in [0.05, 0.1) is 13.2 Å². The number of carbonyl (C=O) groups is 2. The van der Waals surface area contributed by atoms with E-state index in [0.29, 0.717) is 17.3 Å². The number of aliphatic hydroxyl groups excluding tert-OH is 1. The van der Waals surface area contributed by atoms with Gasteiger partial charge in [0.15, 0.2) is 5.41 Å². The van der Waals surface area contributed by atoms with Gasteiger partial charge in [0.2, 0.25) is 0 Å². The van der Waals surface area contributed by atoms with Crippen LogP contribution in [-0.2, 0) is 19.1 Å². The highest BCUT2D eigenvalue weighted by molar-refractivity contribution is 9.11. The van der Waals surface area contributed by atoms with Crippen LogP contribution in [0.1, 0.15) is 46.0 Å². The highest BCUT2D eigenvalue weighted by Gasteiger charge is 2.48. The molecule has 1 atom stereocenters. The zero-order chi connectivity index (χ0) is 22.5. The Kier molecular flexibility index (Phi) is 12.9. The maximum absolute atomic E-state index is 12.6. The summed E-state index contributed by atoms with van der Waals surface area (Å²) in [5, 5.41) is 10.1. The van der Waals surface area contributed by atoms with E-state index in [1.807, 2.05) is 0 Å². The zero-order valence-corrected chi connectivity index (χ0v) is 20.8. The van der Waals surface area contributed by atoms with Crippen LogP contribution in [0.2, 0.25) is 19.6 Å². The molecule has 5 nitrogen and oxygen atoms in total. The summed E-state index contributed by atoms with van der Waals surface area (Å²) in [5.74, 6) is 7.25. The number of halogens is 1. The second kappa shape index (κ2) is 13.6. The summed E-state index contributed by atoms with van der Waals surface area (Å²) in [7, 11) is -1.38. The van der Waals surface area contributed by atoms with Gasteiger partial charge in [-0.05, 0) is 31.2 Å². The topological polar surface area (TPSA) is 72.8 Å². The summed E-state index contributed by atoms with van der Waals surface area (Å²) in [5.41, 5.74) is 1.67. The molecule has 0 aromatic rings. The number of rotatable bonds is 10. The Bertz CT molecular complexity index is 670. The third-order valence-corrected chi connectivity index (χ3v) is 4.93. The average Bonchev–Trinajstić information content (AvgIpc) is 2.59. The summed E-state index contributed by atoms with van der Waals surface area (Å²) >= 11 is 3.22. The van der Waals surface area contributed by atoms with Crippen LogP contribution in [0, 0.1) is 28.7 Å². The fourth-order valence-corrected chi connectivity index (χ4v) is 3.54. The number of unbranched alkanes of at least 4 members (excludes halogenated alkanes) is 1. The Morgan fingerprint density at radius 2 is 1.69 bits per heavy atom. The largest absolute Gasteiger partial charge is 0.465 e. The fourth-order valence-electron chi connectivity index (χ4n) is 2.40. The molecule has 29 heavy (non-hydrogen) atoms. The first-order valence-electron chi connectivity index (χ1n) is 9.82. The van der Waals surface area contributed by atoms with Crippen molar-refractivity contribution in [2.45, 2.75) is 71.7 Å². The first-order chi connectivity index (χ1) is 13.5. The first kappa shape index (κ1) is 27.5. The Balaban J connectivity index is 5.21. The van der Waals surface area contributed by atoms with E-state index in [4.69, 9.17) is 9.47 Å². The smallest absolute Gasteiger partial charge is 0.324 e. The van der Waals surface area contributed by atoms with E-state index in [1.165, 1.54) is 0 Å². The second-order valence-electron chi connectivity index (χ2n) is 7.67. The van der Waals surface area contributed by atoms with E-state index in [2.05, 4.69) is 65.5 Å². The molecule has 0 aliphatic carbocycles. The summed E-state index contributed by atoms with van der Waals surface area (Å²) in [6.07, 6.45) is 0.945. The normalized spacial score (nSPS) is 12.0. The Morgan fingerprint density at radius 1 is 1.14 bits per heavy atom. The van der Waals surface area contributed by atoms with Crippen LogP contribution in [-0.4, -0.2) is 44.4 Å². The summed E-state index contributed by atoms with van der Waals surface area (Å²) in [4.78, 5) is 25.2. The van der Waals surface area contributed by atoms with Gasteiger partial charge in [-0.25, -0.2) is 0 Å². The van der Waals surface area contributed by atoms with Gasteiger partial charge in [0.25, 0.3) is 0 Å². The van der Waals surface area contributed by atoms with Crippen LogP contribution >= 0.6 is 15.9 Å². The van der Waals surface area contributed by atoms with Crippen molar-refractivity contribution in [1.82, 2.24) is 0 Å². The van der Waals surface area contributed by atoms with Crippen molar-refractivity contribution in [2.75, 3.05) is 13.2 Å². The first-order valence-corrected chi connectivity index (χ1v) is 14.1. The van der Waals surface area contributed by atoms with E-state index in [0.717, 1.165) is 6.42 Å². The van der Waals surface area contributed by atoms with Crippen molar-refractivity contribution in [1.29, 1.82) is 0 Å². The molecule has 162 valence electrons. The van der Waals surface area contributed by atoms with Gasteiger partial charge < -0.3 is 14.6 Å². The van der Waals surface area contributed by atoms with Crippen LogP contribution in [0.15, 0.2) is 11.1 Å². The van der Waals surface area contributed by atoms with E-state index in [-0.39, 0.29) is 26.1 Å². The molecule has 0 bridgehead atoms. The molecule has 0 spiro atoms. The number of carbonyl (C=O) groups excluding carboxylic acids is 2. The van der Waals surface area contributed by atoms with E-state index < -0.39 is 31.5 Å².